The summed E-state index contributed by atoms with van der Waals surface area (Å²) in [6, 6.07) is 10.5. The summed E-state index contributed by atoms with van der Waals surface area (Å²) in [7, 11) is 1.54. The molecule has 3 aromatic rings. The van der Waals surface area contributed by atoms with Gasteiger partial charge in [-0.2, -0.15) is 5.10 Å². The second kappa shape index (κ2) is 5.48. The van der Waals surface area contributed by atoms with Crippen molar-refractivity contribution in [3.8, 4) is 16.9 Å². The van der Waals surface area contributed by atoms with Gasteiger partial charge in [0.15, 0.2) is 0 Å². The molecular weight excluding hydrogens is 335 g/mol. The van der Waals surface area contributed by atoms with E-state index in [0.717, 1.165) is 27.6 Å². The van der Waals surface area contributed by atoms with Crippen LogP contribution in [-0.2, 0) is 6.54 Å². The van der Waals surface area contributed by atoms with Crippen LogP contribution in [-0.4, -0.2) is 16.9 Å². The smallest absolute Gasteiger partial charge is 0.134 e. The molecule has 3 nitrogen and oxygen atoms in total. The molecular formula is C16H14BrFN2O. The molecule has 0 unspecified atom stereocenters. The van der Waals surface area contributed by atoms with Gasteiger partial charge in [0, 0.05) is 11.9 Å². The summed E-state index contributed by atoms with van der Waals surface area (Å²) < 4.78 is 22.2. The van der Waals surface area contributed by atoms with Crippen LogP contribution >= 0.6 is 15.9 Å². The average Bonchev–Trinajstić information content (AvgIpc) is 2.82. The fourth-order valence-corrected chi connectivity index (χ4v) is 3.09. The number of hydrogen-bond acceptors (Lipinski definition) is 2. The summed E-state index contributed by atoms with van der Waals surface area (Å²) in [4.78, 5) is 0. The van der Waals surface area contributed by atoms with E-state index in [2.05, 4.69) is 21.0 Å². The Kier molecular flexibility index (Phi) is 3.68. The van der Waals surface area contributed by atoms with Gasteiger partial charge in [0.2, 0.25) is 0 Å². The van der Waals surface area contributed by atoms with Crippen molar-refractivity contribution in [1.29, 1.82) is 0 Å². The Morgan fingerprint density at radius 2 is 2.10 bits per heavy atom. The number of aromatic nitrogens is 2. The van der Waals surface area contributed by atoms with E-state index in [9.17, 15) is 4.39 Å². The maximum atomic E-state index is 14.2. The van der Waals surface area contributed by atoms with Crippen molar-refractivity contribution in [2.24, 2.45) is 0 Å². The van der Waals surface area contributed by atoms with Gasteiger partial charge in [-0.3, -0.25) is 4.68 Å². The molecule has 0 atom stereocenters. The van der Waals surface area contributed by atoms with E-state index >= 15 is 0 Å². The largest absolute Gasteiger partial charge is 0.496 e. The van der Waals surface area contributed by atoms with E-state index in [4.69, 9.17) is 4.74 Å². The summed E-state index contributed by atoms with van der Waals surface area (Å²) in [6.45, 7) is 2.80. The standard InChI is InChI=1S/C16H14BrFN2O/c1-3-20-16(17)11-8-7-10(9-13(11)19-20)15-12(18)5-4-6-14(15)21-2/h4-9H,3H2,1-2H3. The third kappa shape index (κ3) is 2.31. The van der Waals surface area contributed by atoms with Crippen molar-refractivity contribution >= 4 is 26.8 Å². The Bertz CT molecular complexity index is 813. The minimum atomic E-state index is -0.303. The van der Waals surface area contributed by atoms with Gasteiger partial charge in [-0.1, -0.05) is 12.1 Å². The molecule has 5 heteroatoms. The Hall–Kier alpha value is -1.88. The van der Waals surface area contributed by atoms with Crippen molar-refractivity contribution in [1.82, 2.24) is 9.78 Å². The van der Waals surface area contributed by atoms with E-state index in [0.29, 0.717) is 11.3 Å². The fourth-order valence-electron chi connectivity index (χ4n) is 2.42. The van der Waals surface area contributed by atoms with Gasteiger partial charge in [-0.15, -0.1) is 0 Å². The molecule has 0 saturated heterocycles. The molecule has 0 amide bonds. The van der Waals surface area contributed by atoms with Crippen molar-refractivity contribution in [2.45, 2.75) is 13.5 Å². The highest BCUT2D eigenvalue weighted by Crippen LogP contribution is 2.35. The molecule has 3 rings (SSSR count). The SMILES string of the molecule is CCn1nc2cc(-c3c(F)cccc3OC)ccc2c1Br. The van der Waals surface area contributed by atoms with Gasteiger partial charge in [-0.05, 0) is 52.7 Å². The maximum absolute atomic E-state index is 14.2. The van der Waals surface area contributed by atoms with Crippen molar-refractivity contribution in [3.05, 3.63) is 46.8 Å². The van der Waals surface area contributed by atoms with E-state index in [1.165, 1.54) is 6.07 Å². The first-order valence-electron chi connectivity index (χ1n) is 6.64. The summed E-state index contributed by atoms with van der Waals surface area (Å²) in [5.41, 5.74) is 2.04. The van der Waals surface area contributed by atoms with Gasteiger partial charge >= 0.3 is 0 Å². The molecule has 0 aliphatic heterocycles. The predicted molar refractivity (Wildman–Crippen MR) is 85.1 cm³/mol. The molecule has 0 aliphatic rings. The lowest BCUT2D eigenvalue weighted by atomic mass is 10.0. The number of halogens is 2. The summed E-state index contributed by atoms with van der Waals surface area (Å²) >= 11 is 3.54. The minimum Gasteiger partial charge on any atom is -0.496 e. The first-order chi connectivity index (χ1) is 10.2. The summed E-state index contributed by atoms with van der Waals surface area (Å²) in [5.74, 6) is 0.214. The normalized spacial score (nSPS) is 11.0. The van der Waals surface area contributed by atoms with Crippen LogP contribution in [0, 0.1) is 5.82 Å². The fraction of sp³-hybridized carbons (Fsp3) is 0.188. The molecule has 0 bridgehead atoms. The van der Waals surface area contributed by atoms with Crippen LogP contribution in [0.4, 0.5) is 4.39 Å². The zero-order valence-corrected chi connectivity index (χ0v) is 13.3. The highest BCUT2D eigenvalue weighted by atomic mass is 79.9. The van der Waals surface area contributed by atoms with Crippen LogP contribution < -0.4 is 4.74 Å². The van der Waals surface area contributed by atoms with Crippen LogP contribution in [0.25, 0.3) is 22.0 Å². The average molecular weight is 349 g/mol. The number of fused-ring (bicyclic) bond motifs is 1. The first-order valence-corrected chi connectivity index (χ1v) is 7.44. The predicted octanol–water partition coefficient (Wildman–Crippen LogP) is 4.63. The molecule has 2 aromatic carbocycles. The number of aryl methyl sites for hydroxylation is 1. The zero-order valence-electron chi connectivity index (χ0n) is 11.7. The first kappa shape index (κ1) is 14.1. The maximum Gasteiger partial charge on any atom is 0.134 e. The van der Waals surface area contributed by atoms with Gasteiger partial charge < -0.3 is 4.74 Å². The molecule has 0 fully saturated rings. The second-order valence-electron chi connectivity index (χ2n) is 4.66. The molecule has 108 valence electrons. The molecule has 21 heavy (non-hydrogen) atoms. The number of methoxy groups -OCH3 is 1. The quantitative estimate of drug-likeness (QED) is 0.689. The van der Waals surface area contributed by atoms with Crippen LogP contribution in [0.3, 0.4) is 0 Å². The van der Waals surface area contributed by atoms with Gasteiger partial charge in [0.1, 0.15) is 16.2 Å². The van der Waals surface area contributed by atoms with Crippen molar-refractivity contribution < 1.29 is 9.13 Å². The third-order valence-corrected chi connectivity index (χ3v) is 4.30. The number of benzene rings is 2. The number of ether oxygens (including phenoxy) is 1. The van der Waals surface area contributed by atoms with E-state index in [1.54, 1.807) is 19.2 Å². The lowest BCUT2D eigenvalue weighted by molar-refractivity contribution is 0.413. The van der Waals surface area contributed by atoms with Crippen molar-refractivity contribution in [2.75, 3.05) is 7.11 Å². The molecule has 1 aromatic heterocycles. The molecule has 0 aliphatic carbocycles. The third-order valence-electron chi connectivity index (χ3n) is 3.46. The van der Waals surface area contributed by atoms with E-state index in [1.807, 2.05) is 29.8 Å². The van der Waals surface area contributed by atoms with Gasteiger partial charge in [-0.25, -0.2) is 4.39 Å². The minimum absolute atomic E-state index is 0.303. The molecule has 0 spiro atoms. The second-order valence-corrected chi connectivity index (χ2v) is 5.41. The number of rotatable bonds is 3. The van der Waals surface area contributed by atoms with Crippen LogP contribution in [0.5, 0.6) is 5.75 Å². The summed E-state index contributed by atoms with van der Waals surface area (Å²) in [5, 5.41) is 5.52. The van der Waals surface area contributed by atoms with E-state index in [-0.39, 0.29) is 5.82 Å². The summed E-state index contributed by atoms with van der Waals surface area (Å²) in [6.07, 6.45) is 0. The molecule has 1 heterocycles. The molecule has 0 saturated carbocycles. The Labute approximate surface area is 130 Å². The monoisotopic (exact) mass is 348 g/mol. The van der Waals surface area contributed by atoms with Gasteiger partial charge in [0.25, 0.3) is 0 Å². The Morgan fingerprint density at radius 1 is 1.29 bits per heavy atom. The molecule has 0 radical (unpaired) electrons. The Balaban J connectivity index is 2.22. The highest BCUT2D eigenvalue weighted by molar-refractivity contribution is 9.10. The lowest BCUT2D eigenvalue weighted by Gasteiger charge is -2.09. The molecule has 0 N–H and O–H groups in total. The number of hydrogen-bond donors (Lipinski definition) is 0. The topological polar surface area (TPSA) is 27.1 Å². The Morgan fingerprint density at radius 3 is 2.81 bits per heavy atom. The highest BCUT2D eigenvalue weighted by Gasteiger charge is 2.14. The van der Waals surface area contributed by atoms with Crippen LogP contribution in [0.15, 0.2) is 41.0 Å². The number of nitrogens with zero attached hydrogens (tertiary/aromatic N) is 2. The van der Waals surface area contributed by atoms with Gasteiger partial charge in [0.05, 0.1) is 18.2 Å². The lowest BCUT2D eigenvalue weighted by Crippen LogP contribution is -1.95. The van der Waals surface area contributed by atoms with E-state index < -0.39 is 0 Å². The van der Waals surface area contributed by atoms with Crippen molar-refractivity contribution in [3.63, 3.8) is 0 Å². The van der Waals surface area contributed by atoms with Crippen LogP contribution in [0.2, 0.25) is 0 Å². The zero-order chi connectivity index (χ0) is 15.0. The van der Waals surface area contributed by atoms with Crippen LogP contribution in [0.1, 0.15) is 6.92 Å².